The van der Waals surface area contributed by atoms with Gasteiger partial charge in [-0.2, -0.15) is 0 Å². The van der Waals surface area contributed by atoms with Crippen molar-refractivity contribution in [1.29, 1.82) is 0 Å². The Labute approximate surface area is 152 Å². The highest BCUT2D eigenvalue weighted by Crippen LogP contribution is 2.24. The number of hydrogen-bond donors (Lipinski definition) is 1. The van der Waals surface area contributed by atoms with Gasteiger partial charge in [-0.05, 0) is 18.9 Å². The second-order valence-electron chi connectivity index (χ2n) is 6.77. The fourth-order valence-electron chi connectivity index (χ4n) is 3.53. The smallest absolute Gasteiger partial charge is 0.252 e. The van der Waals surface area contributed by atoms with Crippen LogP contribution in [-0.4, -0.2) is 77.9 Å². The van der Waals surface area contributed by atoms with E-state index in [-0.39, 0.29) is 5.91 Å². The van der Waals surface area contributed by atoms with Crippen LogP contribution in [0.2, 0.25) is 0 Å². The summed E-state index contributed by atoms with van der Waals surface area (Å²) >= 11 is 0. The number of nitrogens with zero attached hydrogens (tertiary/aromatic N) is 4. The Kier molecular flexibility index (Phi) is 5.42. The van der Waals surface area contributed by atoms with E-state index >= 15 is 0 Å². The minimum absolute atomic E-state index is 0.103. The van der Waals surface area contributed by atoms with Gasteiger partial charge in [0.25, 0.3) is 5.91 Å². The SMILES string of the molecule is O=C(NCCN1CCOCC1)c1cnc2c(c1)ncn2C1CCOCC1. The van der Waals surface area contributed by atoms with Gasteiger partial charge < -0.3 is 19.4 Å². The molecular formula is C18H25N5O3. The molecule has 26 heavy (non-hydrogen) atoms. The van der Waals surface area contributed by atoms with Crippen LogP contribution in [0.3, 0.4) is 0 Å². The molecule has 2 aromatic heterocycles. The highest BCUT2D eigenvalue weighted by molar-refractivity contribution is 5.96. The third kappa shape index (κ3) is 3.87. The van der Waals surface area contributed by atoms with Crippen molar-refractivity contribution in [2.45, 2.75) is 18.9 Å². The molecule has 0 atom stereocenters. The Bertz CT molecular complexity index is 750. The van der Waals surface area contributed by atoms with Crippen LogP contribution >= 0.6 is 0 Å². The van der Waals surface area contributed by atoms with Crippen LogP contribution in [0.15, 0.2) is 18.6 Å². The number of pyridine rings is 1. The first-order valence-electron chi connectivity index (χ1n) is 9.30. The first-order valence-corrected chi connectivity index (χ1v) is 9.30. The lowest BCUT2D eigenvalue weighted by Crippen LogP contribution is -2.41. The van der Waals surface area contributed by atoms with Crippen molar-refractivity contribution in [2.75, 3.05) is 52.6 Å². The number of ether oxygens (including phenoxy) is 2. The molecule has 140 valence electrons. The Morgan fingerprint density at radius 1 is 1.15 bits per heavy atom. The number of amides is 1. The van der Waals surface area contributed by atoms with Gasteiger partial charge in [0.05, 0.1) is 25.1 Å². The van der Waals surface area contributed by atoms with E-state index in [1.807, 2.05) is 12.4 Å². The molecule has 0 unspecified atom stereocenters. The maximum atomic E-state index is 12.4. The predicted octanol–water partition coefficient (Wildman–Crippen LogP) is 0.845. The lowest BCUT2D eigenvalue weighted by atomic mass is 10.1. The van der Waals surface area contributed by atoms with Gasteiger partial charge in [0.1, 0.15) is 5.52 Å². The number of aromatic nitrogens is 3. The molecule has 0 bridgehead atoms. The second-order valence-corrected chi connectivity index (χ2v) is 6.77. The zero-order valence-corrected chi connectivity index (χ0v) is 14.9. The zero-order chi connectivity index (χ0) is 17.8. The molecule has 1 amide bonds. The summed E-state index contributed by atoms with van der Waals surface area (Å²) in [4.78, 5) is 23.6. The molecule has 2 fully saturated rings. The van der Waals surface area contributed by atoms with Crippen molar-refractivity contribution in [3.05, 3.63) is 24.2 Å². The lowest BCUT2D eigenvalue weighted by molar-refractivity contribution is 0.0383. The molecule has 2 aromatic rings. The lowest BCUT2D eigenvalue weighted by Gasteiger charge is -2.26. The normalized spacial score (nSPS) is 19.7. The first-order chi connectivity index (χ1) is 12.8. The highest BCUT2D eigenvalue weighted by atomic mass is 16.5. The summed E-state index contributed by atoms with van der Waals surface area (Å²) in [5.74, 6) is -0.103. The number of morpholine rings is 1. The Hall–Kier alpha value is -2.03. The number of rotatable bonds is 5. The van der Waals surface area contributed by atoms with Crippen molar-refractivity contribution in [2.24, 2.45) is 0 Å². The topological polar surface area (TPSA) is 81.5 Å². The van der Waals surface area contributed by atoms with Gasteiger partial charge in [0.15, 0.2) is 5.65 Å². The molecule has 0 radical (unpaired) electrons. The molecule has 0 saturated carbocycles. The van der Waals surface area contributed by atoms with E-state index in [9.17, 15) is 4.79 Å². The number of carbonyl (C=O) groups is 1. The standard InChI is InChI=1S/C18H25N5O3/c24-18(19-3-4-22-5-9-26-10-6-22)14-11-16-17(20-12-14)23(13-21-16)15-1-7-25-8-2-15/h11-13,15H,1-10H2,(H,19,24). The van der Waals surface area contributed by atoms with Gasteiger partial charge in [-0.1, -0.05) is 0 Å². The molecular weight excluding hydrogens is 334 g/mol. The fraction of sp³-hybridized carbons (Fsp3) is 0.611. The molecule has 8 heteroatoms. The van der Waals surface area contributed by atoms with Crippen LogP contribution in [0.1, 0.15) is 29.2 Å². The molecule has 8 nitrogen and oxygen atoms in total. The Morgan fingerprint density at radius 3 is 2.73 bits per heavy atom. The van der Waals surface area contributed by atoms with Gasteiger partial charge in [-0.15, -0.1) is 0 Å². The average Bonchev–Trinajstić information content (AvgIpc) is 3.12. The van der Waals surface area contributed by atoms with Crippen molar-refractivity contribution in [3.8, 4) is 0 Å². The summed E-state index contributed by atoms with van der Waals surface area (Å²) in [5.41, 5.74) is 2.15. The molecule has 2 aliphatic rings. The molecule has 4 rings (SSSR count). The van der Waals surface area contributed by atoms with Crippen LogP contribution in [0, 0.1) is 0 Å². The van der Waals surface area contributed by atoms with Gasteiger partial charge in [0, 0.05) is 51.6 Å². The third-order valence-electron chi connectivity index (χ3n) is 5.08. The van der Waals surface area contributed by atoms with Gasteiger partial charge in [0.2, 0.25) is 0 Å². The number of carbonyl (C=O) groups excluding carboxylic acids is 1. The second kappa shape index (κ2) is 8.11. The number of imidazole rings is 1. The van der Waals surface area contributed by atoms with Crippen LogP contribution in [0.4, 0.5) is 0 Å². The number of fused-ring (bicyclic) bond motifs is 1. The zero-order valence-electron chi connectivity index (χ0n) is 14.9. The van der Waals surface area contributed by atoms with E-state index in [0.29, 0.717) is 18.2 Å². The molecule has 0 aliphatic carbocycles. The average molecular weight is 359 g/mol. The monoisotopic (exact) mass is 359 g/mol. The first kappa shape index (κ1) is 17.4. The summed E-state index contributed by atoms with van der Waals surface area (Å²) in [5, 5.41) is 2.97. The Morgan fingerprint density at radius 2 is 1.92 bits per heavy atom. The maximum absolute atomic E-state index is 12.4. The summed E-state index contributed by atoms with van der Waals surface area (Å²) in [6, 6.07) is 2.19. The van der Waals surface area contributed by atoms with E-state index in [1.165, 1.54) is 0 Å². The molecule has 2 aliphatic heterocycles. The van der Waals surface area contributed by atoms with E-state index in [1.54, 1.807) is 6.20 Å². The highest BCUT2D eigenvalue weighted by Gasteiger charge is 2.19. The third-order valence-corrected chi connectivity index (χ3v) is 5.08. The van der Waals surface area contributed by atoms with E-state index < -0.39 is 0 Å². The van der Waals surface area contributed by atoms with E-state index in [0.717, 1.165) is 70.1 Å². The van der Waals surface area contributed by atoms with Crippen LogP contribution in [0.25, 0.3) is 11.2 Å². The summed E-state index contributed by atoms with van der Waals surface area (Å²) in [6.07, 6.45) is 5.41. The molecule has 4 heterocycles. The number of nitrogens with one attached hydrogen (secondary N) is 1. The molecule has 2 saturated heterocycles. The van der Waals surface area contributed by atoms with Crippen LogP contribution in [0.5, 0.6) is 0 Å². The minimum atomic E-state index is -0.103. The molecule has 0 spiro atoms. The van der Waals surface area contributed by atoms with E-state index in [4.69, 9.17) is 9.47 Å². The van der Waals surface area contributed by atoms with Crippen molar-refractivity contribution >= 4 is 17.1 Å². The minimum Gasteiger partial charge on any atom is -0.381 e. The van der Waals surface area contributed by atoms with E-state index in [2.05, 4.69) is 24.8 Å². The summed E-state index contributed by atoms with van der Waals surface area (Å²) < 4.78 is 12.9. The van der Waals surface area contributed by atoms with Crippen LogP contribution < -0.4 is 5.32 Å². The van der Waals surface area contributed by atoms with Crippen molar-refractivity contribution in [3.63, 3.8) is 0 Å². The van der Waals surface area contributed by atoms with Gasteiger partial charge >= 0.3 is 0 Å². The summed E-state index contributed by atoms with van der Waals surface area (Å²) in [7, 11) is 0. The van der Waals surface area contributed by atoms with Gasteiger partial charge in [-0.3, -0.25) is 9.69 Å². The van der Waals surface area contributed by atoms with Crippen LogP contribution in [-0.2, 0) is 9.47 Å². The molecule has 0 aromatic carbocycles. The molecule has 1 N–H and O–H groups in total. The van der Waals surface area contributed by atoms with Crippen molar-refractivity contribution in [1.82, 2.24) is 24.8 Å². The van der Waals surface area contributed by atoms with Gasteiger partial charge in [-0.25, -0.2) is 9.97 Å². The largest absolute Gasteiger partial charge is 0.381 e. The Balaban J connectivity index is 1.38. The number of hydrogen-bond acceptors (Lipinski definition) is 6. The maximum Gasteiger partial charge on any atom is 0.252 e. The predicted molar refractivity (Wildman–Crippen MR) is 96.2 cm³/mol. The van der Waals surface area contributed by atoms with Crippen molar-refractivity contribution < 1.29 is 14.3 Å². The quantitative estimate of drug-likeness (QED) is 0.852. The summed E-state index contributed by atoms with van der Waals surface area (Å²) in [6.45, 7) is 6.38. The fourth-order valence-corrected chi connectivity index (χ4v) is 3.53.